The third-order valence-corrected chi connectivity index (χ3v) is 8.05. The number of rotatable bonds is 6. The Morgan fingerprint density at radius 2 is 2.09 bits per heavy atom. The number of hydrogen-bond acceptors (Lipinski definition) is 7. The maximum Gasteiger partial charge on any atom is 0.263 e. The van der Waals surface area contributed by atoms with Gasteiger partial charge >= 0.3 is 0 Å². The van der Waals surface area contributed by atoms with Crippen LogP contribution in [-0.4, -0.2) is 36.6 Å². The van der Waals surface area contributed by atoms with Gasteiger partial charge in [0.25, 0.3) is 5.56 Å². The van der Waals surface area contributed by atoms with Gasteiger partial charge in [0.05, 0.1) is 23.7 Å². The van der Waals surface area contributed by atoms with Crippen molar-refractivity contribution in [3.05, 3.63) is 50.1 Å². The first-order chi connectivity index (χ1) is 15.4. The second kappa shape index (κ2) is 8.61. The molecule has 7 nitrogen and oxygen atoms in total. The van der Waals surface area contributed by atoms with Crippen molar-refractivity contribution in [3.8, 4) is 0 Å². The zero-order valence-electron chi connectivity index (χ0n) is 18.8. The van der Waals surface area contributed by atoms with E-state index in [0.29, 0.717) is 18.1 Å². The molecule has 9 heteroatoms. The molecule has 5 heterocycles. The summed E-state index contributed by atoms with van der Waals surface area (Å²) in [7, 11) is 0. The maximum absolute atomic E-state index is 13.6. The molecule has 4 aromatic heterocycles. The fraction of sp³-hybridized carbons (Fsp3) is 0.478. The van der Waals surface area contributed by atoms with Crippen LogP contribution in [0.15, 0.2) is 22.2 Å². The second-order valence-electron chi connectivity index (χ2n) is 8.35. The van der Waals surface area contributed by atoms with Gasteiger partial charge in [-0.15, -0.1) is 11.3 Å². The Morgan fingerprint density at radius 3 is 2.84 bits per heavy atom. The predicted octanol–water partition coefficient (Wildman–Crippen LogP) is 4.46. The molecule has 4 aromatic rings. The van der Waals surface area contributed by atoms with E-state index < -0.39 is 0 Å². The van der Waals surface area contributed by atoms with Crippen LogP contribution in [-0.2, 0) is 23.5 Å². The predicted molar refractivity (Wildman–Crippen MR) is 129 cm³/mol. The first kappa shape index (κ1) is 21.6. The van der Waals surface area contributed by atoms with Crippen molar-refractivity contribution in [2.75, 3.05) is 6.61 Å². The Labute approximate surface area is 194 Å². The summed E-state index contributed by atoms with van der Waals surface area (Å²) in [5.74, 6) is 1.33. The quantitative estimate of drug-likeness (QED) is 0.307. The molecule has 1 unspecified atom stereocenters. The van der Waals surface area contributed by atoms with E-state index in [-0.39, 0.29) is 11.7 Å². The minimum atomic E-state index is 0.0531. The zero-order valence-corrected chi connectivity index (χ0v) is 20.5. The second-order valence-corrected chi connectivity index (χ2v) is 10.5. The van der Waals surface area contributed by atoms with Crippen molar-refractivity contribution < 1.29 is 4.74 Å². The van der Waals surface area contributed by atoms with Crippen LogP contribution in [0.4, 0.5) is 0 Å². The molecule has 1 aliphatic rings. The Morgan fingerprint density at radius 1 is 1.25 bits per heavy atom. The lowest BCUT2D eigenvalue weighted by atomic mass is 10.1. The van der Waals surface area contributed by atoms with Crippen LogP contribution >= 0.6 is 23.1 Å². The lowest BCUT2D eigenvalue weighted by Crippen LogP contribution is -2.29. The molecule has 1 fully saturated rings. The van der Waals surface area contributed by atoms with Crippen molar-refractivity contribution >= 4 is 39.1 Å². The smallest absolute Gasteiger partial charge is 0.263 e. The van der Waals surface area contributed by atoms with E-state index in [0.717, 1.165) is 63.9 Å². The molecular formula is C23H27N5O2S2. The lowest BCUT2D eigenvalue weighted by molar-refractivity contribution is 0.0937. The van der Waals surface area contributed by atoms with Gasteiger partial charge in [-0.1, -0.05) is 18.7 Å². The van der Waals surface area contributed by atoms with E-state index in [1.54, 1.807) is 23.1 Å². The van der Waals surface area contributed by atoms with Crippen LogP contribution in [0, 0.1) is 20.8 Å². The highest BCUT2D eigenvalue weighted by molar-refractivity contribution is 7.98. The number of hydrogen-bond donors (Lipinski definition) is 0. The first-order valence-electron chi connectivity index (χ1n) is 11.0. The van der Waals surface area contributed by atoms with Gasteiger partial charge in [-0.3, -0.25) is 13.8 Å². The van der Waals surface area contributed by atoms with E-state index in [1.165, 1.54) is 4.88 Å². The van der Waals surface area contributed by atoms with Gasteiger partial charge in [0.15, 0.2) is 5.16 Å². The number of thiophene rings is 1. The minimum absolute atomic E-state index is 0.0531. The summed E-state index contributed by atoms with van der Waals surface area (Å²) in [6.07, 6.45) is 4.95. The van der Waals surface area contributed by atoms with Crippen molar-refractivity contribution in [1.29, 1.82) is 0 Å². The summed E-state index contributed by atoms with van der Waals surface area (Å²) in [4.78, 5) is 29.8. The molecule has 0 saturated carbocycles. The third-order valence-electron chi connectivity index (χ3n) is 6.00. The van der Waals surface area contributed by atoms with Crippen molar-refractivity contribution in [3.63, 3.8) is 0 Å². The summed E-state index contributed by atoms with van der Waals surface area (Å²) in [5.41, 5.74) is 4.16. The Balaban J connectivity index is 1.53. The van der Waals surface area contributed by atoms with Crippen LogP contribution in [0.25, 0.3) is 16.0 Å². The summed E-state index contributed by atoms with van der Waals surface area (Å²) >= 11 is 3.17. The maximum atomic E-state index is 13.6. The number of aromatic nitrogens is 5. The van der Waals surface area contributed by atoms with Crippen molar-refractivity contribution in [2.24, 2.45) is 0 Å². The van der Waals surface area contributed by atoms with E-state index in [4.69, 9.17) is 14.7 Å². The van der Waals surface area contributed by atoms with Crippen LogP contribution in [0.2, 0.25) is 0 Å². The van der Waals surface area contributed by atoms with Gasteiger partial charge in [-0.05, 0) is 51.7 Å². The summed E-state index contributed by atoms with van der Waals surface area (Å²) in [6, 6.07) is 2.05. The molecule has 0 amide bonds. The largest absolute Gasteiger partial charge is 0.376 e. The van der Waals surface area contributed by atoms with Gasteiger partial charge < -0.3 is 4.74 Å². The summed E-state index contributed by atoms with van der Waals surface area (Å²) in [6.45, 7) is 9.53. The highest BCUT2D eigenvalue weighted by Crippen LogP contribution is 2.31. The molecule has 5 rings (SSSR count). The number of thioether (sulfide) groups is 1. The topological polar surface area (TPSA) is 74.3 Å². The average Bonchev–Trinajstić information content (AvgIpc) is 3.47. The van der Waals surface area contributed by atoms with E-state index >= 15 is 0 Å². The first-order valence-corrected chi connectivity index (χ1v) is 12.8. The molecule has 0 spiro atoms. The molecule has 1 saturated heterocycles. The normalized spacial score (nSPS) is 16.6. The molecule has 1 aliphatic heterocycles. The van der Waals surface area contributed by atoms with E-state index in [2.05, 4.69) is 25.8 Å². The van der Waals surface area contributed by atoms with E-state index in [9.17, 15) is 4.79 Å². The Hall–Kier alpha value is -2.23. The van der Waals surface area contributed by atoms with Crippen LogP contribution in [0.5, 0.6) is 0 Å². The highest BCUT2D eigenvalue weighted by Gasteiger charge is 2.23. The fourth-order valence-corrected chi connectivity index (χ4v) is 6.49. The number of ether oxygens (including phenoxy) is 1. The molecular weight excluding hydrogens is 442 g/mol. The Kier molecular flexibility index (Phi) is 5.81. The zero-order chi connectivity index (χ0) is 22.4. The number of aryl methyl sites for hydroxylation is 4. The van der Waals surface area contributed by atoms with E-state index in [1.807, 2.05) is 28.2 Å². The van der Waals surface area contributed by atoms with Crippen LogP contribution in [0.3, 0.4) is 0 Å². The lowest BCUT2D eigenvalue weighted by Gasteiger charge is -2.15. The molecule has 168 valence electrons. The third kappa shape index (κ3) is 3.86. The molecule has 0 radical (unpaired) electrons. The average molecular weight is 470 g/mol. The fourth-order valence-electron chi connectivity index (χ4n) is 4.45. The van der Waals surface area contributed by atoms with Crippen LogP contribution in [0.1, 0.15) is 47.3 Å². The number of fused-ring (bicyclic) bond motifs is 2. The molecule has 0 aliphatic carbocycles. The highest BCUT2D eigenvalue weighted by atomic mass is 32.2. The number of nitrogens with zero attached hydrogens (tertiary/aromatic N) is 5. The molecule has 32 heavy (non-hydrogen) atoms. The van der Waals surface area contributed by atoms with Gasteiger partial charge in [-0.25, -0.2) is 15.0 Å². The van der Waals surface area contributed by atoms with Crippen molar-refractivity contribution in [1.82, 2.24) is 23.9 Å². The molecule has 1 atom stereocenters. The van der Waals surface area contributed by atoms with Gasteiger partial charge in [-0.2, -0.15) is 0 Å². The number of imidazole rings is 1. The summed E-state index contributed by atoms with van der Waals surface area (Å²) < 4.78 is 9.69. The van der Waals surface area contributed by atoms with Crippen LogP contribution < -0.4 is 5.56 Å². The molecule has 0 N–H and O–H groups in total. The van der Waals surface area contributed by atoms with Gasteiger partial charge in [0.2, 0.25) is 5.78 Å². The minimum Gasteiger partial charge on any atom is -0.376 e. The standard InChI is InChI=1S/C23H27N5O2S2/c1-5-18-15(4)32-20-19(18)21(29)28(11-17-7-6-8-30-17)23(26-20)31-12-16-10-27-14(3)9-13(2)24-22(27)25-16/h9-10,17H,5-8,11-12H2,1-4H3. The van der Waals surface area contributed by atoms with Gasteiger partial charge in [0.1, 0.15) is 4.83 Å². The molecule has 0 aromatic carbocycles. The SMILES string of the molecule is CCc1c(C)sc2nc(SCc3cn4c(C)cc(C)nc4n3)n(CC3CCCO3)c(=O)c12. The monoisotopic (exact) mass is 469 g/mol. The summed E-state index contributed by atoms with van der Waals surface area (Å²) in [5, 5.41) is 1.51. The van der Waals surface area contributed by atoms with Gasteiger partial charge in [0, 0.05) is 34.8 Å². The Bertz CT molecular complexity index is 1360. The molecule has 0 bridgehead atoms. The van der Waals surface area contributed by atoms with Crippen molar-refractivity contribution in [2.45, 2.75) is 70.5 Å².